The smallest absolute Gasteiger partial charge is 0.0831 e. The van der Waals surface area contributed by atoms with E-state index >= 15 is 0 Å². The van der Waals surface area contributed by atoms with Crippen LogP contribution < -0.4 is 9.80 Å². The summed E-state index contributed by atoms with van der Waals surface area (Å²) in [6, 6.07) is 55.9. The normalized spacial score (nSPS) is 20.0. The van der Waals surface area contributed by atoms with E-state index in [2.05, 4.69) is 151 Å². The van der Waals surface area contributed by atoms with Gasteiger partial charge in [0, 0.05) is 56.1 Å². The van der Waals surface area contributed by atoms with Crippen molar-refractivity contribution >= 4 is 62.4 Å². The Morgan fingerprint density at radius 2 is 0.774 bits per heavy atom. The molecule has 3 aliphatic rings. The Bertz CT molecular complexity index is 2760. The van der Waals surface area contributed by atoms with Gasteiger partial charge in [0.25, 0.3) is 0 Å². The molecular weight excluding hydrogens is 757 g/mol. The van der Waals surface area contributed by atoms with Crippen LogP contribution in [0.2, 0.25) is 0 Å². The van der Waals surface area contributed by atoms with E-state index < -0.39 is 10.8 Å². The highest BCUT2D eigenvalue weighted by atomic mass is 15.1. The standard InChI is InChI=1S/C56H50N6/c1-55(41-27-31-47(32-28-41)61(43-15-7-3-8-16-43)44-17-9-4-10-18-44)37-35-49(51(57)53(55)59)39-23-25-40(26-24-39)50-36-38-56(2,54(60)52(50)58)42-29-33-48(34-30-42)62(45-19-11-5-12-20-45)46-21-13-6-14-22-46/h3-5,7-13,15-36,57-60H,6,14,37-38H2,1-2H3. The van der Waals surface area contributed by atoms with Crippen LogP contribution in [0, 0.1) is 21.6 Å². The lowest BCUT2D eigenvalue weighted by Gasteiger charge is -2.36. The van der Waals surface area contributed by atoms with E-state index in [4.69, 9.17) is 0 Å². The third kappa shape index (κ3) is 7.28. The molecule has 6 aromatic carbocycles. The van der Waals surface area contributed by atoms with Gasteiger partial charge in [0.15, 0.2) is 0 Å². The highest BCUT2D eigenvalue weighted by molar-refractivity contribution is 6.60. The van der Waals surface area contributed by atoms with Crippen molar-refractivity contribution in [2.75, 3.05) is 9.80 Å². The molecule has 6 heteroatoms. The second-order valence-corrected chi connectivity index (χ2v) is 16.8. The number of nitrogens with zero attached hydrogens (tertiary/aromatic N) is 2. The maximum absolute atomic E-state index is 9.31. The van der Waals surface area contributed by atoms with Crippen molar-refractivity contribution in [2.24, 2.45) is 0 Å². The Morgan fingerprint density at radius 3 is 1.16 bits per heavy atom. The summed E-state index contributed by atoms with van der Waals surface area (Å²) in [7, 11) is 0. The summed E-state index contributed by atoms with van der Waals surface area (Å²) in [5.74, 6) is 0. The van der Waals surface area contributed by atoms with Crippen molar-refractivity contribution in [3.05, 3.63) is 222 Å². The van der Waals surface area contributed by atoms with Crippen molar-refractivity contribution in [3.8, 4) is 0 Å². The molecule has 0 spiro atoms. The molecule has 0 radical (unpaired) electrons. The second kappa shape index (κ2) is 16.5. The Kier molecular flexibility index (Phi) is 10.7. The monoisotopic (exact) mass is 806 g/mol. The Morgan fingerprint density at radius 1 is 0.403 bits per heavy atom. The van der Waals surface area contributed by atoms with Crippen molar-refractivity contribution in [2.45, 2.75) is 50.4 Å². The fourth-order valence-corrected chi connectivity index (χ4v) is 9.07. The van der Waals surface area contributed by atoms with Gasteiger partial charge in [-0.3, -0.25) is 10.8 Å². The maximum atomic E-state index is 9.31. The number of nitrogens with one attached hydrogen (secondary N) is 4. The van der Waals surface area contributed by atoms with Crippen molar-refractivity contribution in [1.29, 1.82) is 21.6 Å². The van der Waals surface area contributed by atoms with Gasteiger partial charge < -0.3 is 20.6 Å². The number of hydrogen-bond donors (Lipinski definition) is 4. The van der Waals surface area contributed by atoms with E-state index in [1.807, 2.05) is 66.7 Å². The van der Waals surface area contributed by atoms with Crippen molar-refractivity contribution in [1.82, 2.24) is 0 Å². The van der Waals surface area contributed by atoms with Crippen LogP contribution in [-0.2, 0) is 10.8 Å². The number of para-hydroxylation sites is 3. The lowest BCUT2D eigenvalue weighted by molar-refractivity contribution is 0.648. The predicted octanol–water partition coefficient (Wildman–Crippen LogP) is 14.1. The number of rotatable bonds is 10. The van der Waals surface area contributed by atoms with Crippen LogP contribution in [0.15, 0.2) is 200 Å². The molecule has 6 aromatic rings. The van der Waals surface area contributed by atoms with E-state index in [0.717, 1.165) is 80.4 Å². The molecule has 0 bridgehead atoms. The topological polar surface area (TPSA) is 102 Å². The average molecular weight is 807 g/mol. The molecule has 0 amide bonds. The van der Waals surface area contributed by atoms with Crippen LogP contribution in [0.3, 0.4) is 0 Å². The number of anilines is 5. The molecule has 9 rings (SSSR count). The predicted molar refractivity (Wildman–Crippen MR) is 260 cm³/mol. The highest BCUT2D eigenvalue weighted by Crippen LogP contribution is 2.42. The molecule has 0 aliphatic heterocycles. The fourth-order valence-electron chi connectivity index (χ4n) is 9.07. The van der Waals surface area contributed by atoms with Crippen LogP contribution in [0.4, 0.5) is 28.4 Å². The summed E-state index contributed by atoms with van der Waals surface area (Å²) in [6.45, 7) is 4.13. The van der Waals surface area contributed by atoms with Crippen molar-refractivity contribution < 1.29 is 0 Å². The lowest BCUT2D eigenvalue weighted by atomic mass is 9.68. The maximum Gasteiger partial charge on any atom is 0.0831 e. The van der Waals surface area contributed by atoms with Gasteiger partial charge in [-0.05, 0) is 129 Å². The van der Waals surface area contributed by atoms with Gasteiger partial charge in [-0.15, -0.1) is 0 Å². The van der Waals surface area contributed by atoms with Crippen LogP contribution in [-0.4, -0.2) is 22.8 Å². The Balaban J connectivity index is 0.917. The largest absolute Gasteiger partial charge is 0.311 e. The summed E-state index contributed by atoms with van der Waals surface area (Å²) >= 11 is 0. The lowest BCUT2D eigenvalue weighted by Crippen LogP contribution is -2.40. The van der Waals surface area contributed by atoms with E-state index in [1.54, 1.807) is 0 Å². The minimum atomic E-state index is -0.649. The summed E-state index contributed by atoms with van der Waals surface area (Å²) < 4.78 is 0. The van der Waals surface area contributed by atoms with Gasteiger partial charge in [-0.1, -0.05) is 127 Å². The zero-order valence-corrected chi connectivity index (χ0v) is 35.2. The minimum Gasteiger partial charge on any atom is -0.311 e. The third-order valence-corrected chi connectivity index (χ3v) is 12.9. The third-order valence-electron chi connectivity index (χ3n) is 12.9. The quantitative estimate of drug-likeness (QED) is 0.111. The average Bonchev–Trinajstić information content (AvgIpc) is 3.32. The molecule has 0 saturated carbocycles. The molecule has 3 aliphatic carbocycles. The van der Waals surface area contributed by atoms with Gasteiger partial charge >= 0.3 is 0 Å². The Labute approximate surface area is 365 Å². The Hall–Kier alpha value is -7.44. The molecule has 2 unspecified atom stereocenters. The van der Waals surface area contributed by atoms with Gasteiger partial charge in [0.1, 0.15) is 0 Å². The van der Waals surface area contributed by atoms with Gasteiger partial charge in [0.05, 0.1) is 22.8 Å². The molecule has 0 fully saturated rings. The molecule has 0 saturated heterocycles. The molecule has 62 heavy (non-hydrogen) atoms. The van der Waals surface area contributed by atoms with E-state index in [1.165, 1.54) is 0 Å². The van der Waals surface area contributed by atoms with Crippen molar-refractivity contribution in [3.63, 3.8) is 0 Å². The van der Waals surface area contributed by atoms with E-state index in [-0.39, 0.29) is 11.4 Å². The zero-order valence-electron chi connectivity index (χ0n) is 35.2. The van der Waals surface area contributed by atoms with Gasteiger partial charge in [-0.25, -0.2) is 0 Å². The van der Waals surface area contributed by atoms with Crippen LogP contribution in [0.25, 0.3) is 11.1 Å². The van der Waals surface area contributed by atoms with Crippen LogP contribution in [0.5, 0.6) is 0 Å². The fraction of sp³-hybridized carbons (Fsp3) is 0.143. The number of allylic oxidation sites excluding steroid dienone is 7. The second-order valence-electron chi connectivity index (χ2n) is 16.8. The summed E-state index contributed by atoms with van der Waals surface area (Å²) in [4.78, 5) is 4.50. The first kappa shape index (κ1) is 40.0. The number of hydrogen-bond acceptors (Lipinski definition) is 6. The molecule has 0 aromatic heterocycles. The first-order valence-corrected chi connectivity index (χ1v) is 21.4. The van der Waals surface area contributed by atoms with Crippen LogP contribution >= 0.6 is 0 Å². The first-order chi connectivity index (χ1) is 30.2. The highest BCUT2D eigenvalue weighted by Gasteiger charge is 2.39. The number of benzene rings is 6. The minimum absolute atomic E-state index is 0.220. The van der Waals surface area contributed by atoms with Gasteiger partial charge in [-0.2, -0.15) is 0 Å². The molecular formula is C56H50N6. The summed E-state index contributed by atoms with van der Waals surface area (Å²) in [5, 5.41) is 37.0. The van der Waals surface area contributed by atoms with E-state index in [0.29, 0.717) is 24.3 Å². The molecule has 304 valence electrons. The molecule has 0 heterocycles. The molecule has 4 N–H and O–H groups in total. The SMILES string of the molecule is CC1(c2ccc(N(C3=CCCC=C3)c3ccccc3)cc2)CC=C(c2ccc(C3=CCC(C)(c4ccc(N(c5ccccc5)c5ccccc5)cc4)C(=N)C3=N)cc2)C(=N)C1=N. The summed E-state index contributed by atoms with van der Waals surface area (Å²) in [6.07, 6.45) is 14.1. The zero-order chi connectivity index (χ0) is 42.8. The first-order valence-electron chi connectivity index (χ1n) is 21.4. The molecule has 6 nitrogen and oxygen atoms in total. The van der Waals surface area contributed by atoms with E-state index in [9.17, 15) is 21.6 Å². The van der Waals surface area contributed by atoms with Gasteiger partial charge in [0.2, 0.25) is 0 Å². The van der Waals surface area contributed by atoms with Crippen LogP contribution in [0.1, 0.15) is 61.8 Å². The summed E-state index contributed by atoms with van der Waals surface area (Å²) in [5.41, 5.74) is 11.5. The molecule has 2 atom stereocenters.